The second-order valence-corrected chi connectivity index (χ2v) is 18.2. The Hall–Kier alpha value is -8.77. The van der Waals surface area contributed by atoms with Crippen molar-refractivity contribution in [1.29, 1.82) is 0 Å². The van der Waals surface area contributed by atoms with Gasteiger partial charge in [-0.05, 0) is 72.4 Å². The fraction of sp³-hybridized carbons (Fsp3) is 0.389. The number of nitrogens with one attached hydrogen (secondary N) is 9. The van der Waals surface area contributed by atoms with Crippen LogP contribution in [0.4, 0.5) is 24.9 Å². The molecule has 0 saturated heterocycles. The number of hydrogen-bond donors (Lipinski definition) is 12. The molecular formula is C54H71N11O13. The van der Waals surface area contributed by atoms with Gasteiger partial charge >= 0.3 is 24.3 Å². The Labute approximate surface area is 452 Å². The van der Waals surface area contributed by atoms with Crippen LogP contribution in [0.3, 0.4) is 0 Å². The zero-order chi connectivity index (χ0) is 56.7. The summed E-state index contributed by atoms with van der Waals surface area (Å²) in [5.74, 6) is -3.90. The number of urea groups is 1. The number of benzene rings is 4. The summed E-state index contributed by atoms with van der Waals surface area (Å²) in [6.07, 6.45) is -1.75. The molecule has 0 aliphatic rings. The number of nitrogens with two attached hydrogens (primary N) is 2. The van der Waals surface area contributed by atoms with Crippen molar-refractivity contribution in [3.63, 3.8) is 0 Å². The maximum absolute atomic E-state index is 13.7. The average Bonchev–Trinajstić information content (AvgIpc) is 3.44. The van der Waals surface area contributed by atoms with E-state index in [2.05, 4.69) is 47.9 Å². The van der Waals surface area contributed by atoms with E-state index in [9.17, 15) is 48.3 Å². The molecule has 24 heteroatoms. The summed E-state index contributed by atoms with van der Waals surface area (Å²) in [6.45, 7) is 2.08. The minimum Gasteiger partial charge on any atom is -0.445 e. The van der Waals surface area contributed by atoms with Gasteiger partial charge in [0.1, 0.15) is 44.0 Å². The number of rotatable bonds is 31. The van der Waals surface area contributed by atoms with Gasteiger partial charge in [0.25, 0.3) is 0 Å². The molecule has 4 aromatic rings. The monoisotopic (exact) mass is 1080 g/mol. The molecule has 2 unspecified atom stereocenters. The molecule has 10 amide bonds. The van der Waals surface area contributed by atoms with Gasteiger partial charge in [-0.2, -0.15) is 0 Å². The highest BCUT2D eigenvalue weighted by Crippen LogP contribution is 2.13. The van der Waals surface area contributed by atoms with E-state index in [0.29, 0.717) is 40.8 Å². The zero-order valence-corrected chi connectivity index (χ0v) is 43.6. The van der Waals surface area contributed by atoms with Crippen molar-refractivity contribution in [3.05, 3.63) is 138 Å². The maximum Gasteiger partial charge on any atom is 0.408 e. The van der Waals surface area contributed by atoms with Crippen molar-refractivity contribution in [3.8, 4) is 0 Å². The number of aliphatic hydroxyl groups excluding tert-OH is 1. The van der Waals surface area contributed by atoms with Crippen LogP contribution in [0, 0.1) is 5.92 Å². The lowest BCUT2D eigenvalue weighted by Gasteiger charge is -2.26. The molecule has 4 rings (SSSR count). The largest absolute Gasteiger partial charge is 0.445 e. The van der Waals surface area contributed by atoms with Gasteiger partial charge in [-0.1, -0.05) is 117 Å². The van der Waals surface area contributed by atoms with Crippen LogP contribution >= 0.6 is 0 Å². The number of anilines is 1. The lowest BCUT2D eigenvalue weighted by Crippen LogP contribution is -2.57. The predicted molar refractivity (Wildman–Crippen MR) is 286 cm³/mol. The Morgan fingerprint density at radius 3 is 1.46 bits per heavy atom. The molecule has 0 aromatic heterocycles. The number of carbonyl (C=O) groups excluding carboxylic acids is 9. The summed E-state index contributed by atoms with van der Waals surface area (Å²) in [5.41, 5.74) is 14.5. The van der Waals surface area contributed by atoms with Crippen LogP contribution in [-0.4, -0.2) is 115 Å². The summed E-state index contributed by atoms with van der Waals surface area (Å²) in [4.78, 5) is 118. The summed E-state index contributed by atoms with van der Waals surface area (Å²) in [6, 6.07) is 25.9. The SMILES string of the molecule is CC(C)[C@H](NC(=O)[C@@H](N)CCCCNC(=O)C(CNC(=O)C(CNC(=O)OCc1ccccc1)NC(=O)OCc1ccccc1)NC(=O)OCc1ccccc1)C(=O)N[C@@H](CCCNC(N)=O)C(=O)Nc1ccc(CO)cc1. The number of ether oxygens (including phenoxy) is 3. The Morgan fingerprint density at radius 2 is 0.962 bits per heavy atom. The van der Waals surface area contributed by atoms with Gasteiger partial charge in [-0.15, -0.1) is 0 Å². The van der Waals surface area contributed by atoms with E-state index in [1.165, 1.54) is 0 Å². The lowest BCUT2D eigenvalue weighted by molar-refractivity contribution is -0.132. The van der Waals surface area contributed by atoms with Crippen molar-refractivity contribution in [1.82, 2.24) is 42.5 Å². The van der Waals surface area contributed by atoms with Crippen LogP contribution in [0.25, 0.3) is 0 Å². The third kappa shape index (κ3) is 23.8. The molecule has 0 radical (unpaired) electrons. The fourth-order valence-corrected chi connectivity index (χ4v) is 7.24. The molecular weight excluding hydrogens is 1010 g/mol. The highest BCUT2D eigenvalue weighted by molar-refractivity contribution is 5.98. The summed E-state index contributed by atoms with van der Waals surface area (Å²) in [5, 5.41) is 32.5. The summed E-state index contributed by atoms with van der Waals surface area (Å²) in [7, 11) is 0. The fourth-order valence-electron chi connectivity index (χ4n) is 7.24. The van der Waals surface area contributed by atoms with Gasteiger partial charge in [0.15, 0.2) is 0 Å². The first-order valence-electron chi connectivity index (χ1n) is 25.4. The van der Waals surface area contributed by atoms with Gasteiger partial charge in [-0.25, -0.2) is 19.2 Å². The summed E-state index contributed by atoms with van der Waals surface area (Å²) < 4.78 is 15.9. The van der Waals surface area contributed by atoms with E-state index in [1.54, 1.807) is 129 Å². The Morgan fingerprint density at radius 1 is 0.474 bits per heavy atom. The second-order valence-electron chi connectivity index (χ2n) is 18.2. The van der Waals surface area contributed by atoms with Crippen LogP contribution < -0.4 is 59.3 Å². The quantitative estimate of drug-likeness (QED) is 0.0255. The van der Waals surface area contributed by atoms with E-state index in [4.69, 9.17) is 25.7 Å². The van der Waals surface area contributed by atoms with Gasteiger partial charge in [0, 0.05) is 25.3 Å². The highest BCUT2D eigenvalue weighted by atomic mass is 16.6. The van der Waals surface area contributed by atoms with Crippen LogP contribution in [-0.2, 0) is 64.6 Å². The first kappa shape index (κ1) is 61.8. The van der Waals surface area contributed by atoms with Gasteiger partial charge in [0.05, 0.1) is 19.2 Å². The van der Waals surface area contributed by atoms with Crippen molar-refractivity contribution < 1.29 is 62.5 Å². The zero-order valence-electron chi connectivity index (χ0n) is 43.6. The molecule has 0 saturated carbocycles. The molecule has 5 atom stereocenters. The minimum absolute atomic E-state index is 0.0336. The number of amides is 10. The number of alkyl carbamates (subject to hydrolysis) is 3. The first-order chi connectivity index (χ1) is 37.5. The molecule has 420 valence electrons. The molecule has 14 N–H and O–H groups in total. The van der Waals surface area contributed by atoms with E-state index in [0.717, 1.165) is 0 Å². The molecule has 0 heterocycles. The van der Waals surface area contributed by atoms with Crippen LogP contribution in [0.5, 0.6) is 0 Å². The molecule has 78 heavy (non-hydrogen) atoms. The van der Waals surface area contributed by atoms with Crippen LogP contribution in [0.1, 0.15) is 68.2 Å². The smallest absolute Gasteiger partial charge is 0.408 e. The van der Waals surface area contributed by atoms with Crippen LogP contribution in [0.15, 0.2) is 115 Å². The number of hydrogen-bond acceptors (Lipinski definition) is 14. The molecule has 0 bridgehead atoms. The predicted octanol–water partition coefficient (Wildman–Crippen LogP) is 2.44. The Kier molecular flexibility index (Phi) is 26.9. The average molecular weight is 1080 g/mol. The third-order valence-corrected chi connectivity index (χ3v) is 11.6. The lowest BCUT2D eigenvalue weighted by atomic mass is 10.0. The van der Waals surface area contributed by atoms with Gasteiger partial charge in [0.2, 0.25) is 29.5 Å². The third-order valence-electron chi connectivity index (χ3n) is 11.6. The molecule has 0 aliphatic heterocycles. The molecule has 0 spiro atoms. The molecule has 0 fully saturated rings. The maximum atomic E-state index is 13.7. The van der Waals surface area contributed by atoms with Crippen molar-refractivity contribution in [2.45, 2.75) is 103 Å². The number of carbonyl (C=O) groups is 9. The molecule has 24 nitrogen and oxygen atoms in total. The van der Waals surface area contributed by atoms with E-state index < -0.39 is 103 Å². The van der Waals surface area contributed by atoms with Gasteiger partial charge in [-0.3, -0.25) is 24.0 Å². The second kappa shape index (κ2) is 34.0. The summed E-state index contributed by atoms with van der Waals surface area (Å²) >= 11 is 0. The number of unbranched alkanes of at least 4 members (excludes halogenated alkanes) is 1. The van der Waals surface area contributed by atoms with Crippen LogP contribution in [0.2, 0.25) is 0 Å². The minimum atomic E-state index is -1.45. The number of aliphatic hydroxyl groups is 1. The highest BCUT2D eigenvalue weighted by Gasteiger charge is 2.31. The van der Waals surface area contributed by atoms with E-state index in [1.807, 2.05) is 0 Å². The van der Waals surface area contributed by atoms with E-state index >= 15 is 0 Å². The molecule has 0 aliphatic carbocycles. The topological polar surface area (TPSA) is 362 Å². The normalized spacial score (nSPS) is 12.6. The van der Waals surface area contributed by atoms with Crippen molar-refractivity contribution in [2.24, 2.45) is 17.4 Å². The Balaban J connectivity index is 1.34. The Bertz CT molecular complexity index is 2540. The van der Waals surface area contributed by atoms with Gasteiger partial charge < -0.3 is 78.6 Å². The molecule has 4 aromatic carbocycles. The van der Waals surface area contributed by atoms with Crippen molar-refractivity contribution >= 4 is 59.5 Å². The van der Waals surface area contributed by atoms with Crippen molar-refractivity contribution in [2.75, 3.05) is 31.5 Å². The first-order valence-corrected chi connectivity index (χ1v) is 25.4. The van der Waals surface area contributed by atoms with E-state index in [-0.39, 0.29) is 58.8 Å². The standard InChI is InChI=1S/C54H71N11O13/c1-35(2)45(50(71)62-42(22-14-28-58-51(56)72)49(70)61-40-25-23-36(31-66)24-26-40)65-46(67)41(55)21-12-13-27-57-47(68)43(63-53(74)77-33-38-17-8-4-9-18-38)29-59-48(69)44(64-54(75)78-34-39-19-10-5-11-20-39)30-60-52(73)76-32-37-15-6-3-7-16-37/h3-11,15-20,23-26,35,41-45,66H,12-14,21-22,27-34,55H2,1-2H3,(H,57,68)(H,59,69)(H,60,73)(H,61,70)(H,62,71)(H,63,74)(H,64,75)(H,65,67)(H3,56,58,72)/t41-,42-,43?,44?,45-/m0/s1. The number of primary amides is 1.